The zero-order valence-corrected chi connectivity index (χ0v) is 15.3. The van der Waals surface area contributed by atoms with Crippen molar-refractivity contribution < 1.29 is 9.47 Å². The summed E-state index contributed by atoms with van der Waals surface area (Å²) in [5.74, 6) is 1.76. The lowest BCUT2D eigenvalue weighted by molar-refractivity contribution is 0.297. The Bertz CT molecular complexity index is 705. The lowest BCUT2D eigenvalue weighted by Crippen LogP contribution is -2.32. The molecular weight excluding hydrogens is 324 g/mol. The second-order valence-electron chi connectivity index (χ2n) is 7.23. The van der Waals surface area contributed by atoms with Gasteiger partial charge in [-0.15, -0.1) is 0 Å². The zero-order chi connectivity index (χ0) is 17.6. The molecular formula is C22H28N2O2. The highest BCUT2D eigenvalue weighted by Crippen LogP contribution is 2.30. The molecule has 0 aromatic heterocycles. The van der Waals surface area contributed by atoms with Crippen LogP contribution in [0.3, 0.4) is 0 Å². The number of hydrogen-bond acceptors (Lipinski definition) is 4. The van der Waals surface area contributed by atoms with E-state index in [1.165, 1.54) is 24.1 Å². The molecule has 0 bridgehead atoms. The minimum absolute atomic E-state index is 0.571. The van der Waals surface area contributed by atoms with Gasteiger partial charge in [-0.25, -0.2) is 0 Å². The van der Waals surface area contributed by atoms with E-state index in [1.54, 1.807) is 0 Å². The summed E-state index contributed by atoms with van der Waals surface area (Å²) in [6.45, 7) is 5.83. The van der Waals surface area contributed by atoms with Crippen LogP contribution in [0.25, 0.3) is 0 Å². The predicted octanol–water partition coefficient (Wildman–Crippen LogP) is 3.25. The maximum Gasteiger partial charge on any atom is 0.161 e. The summed E-state index contributed by atoms with van der Waals surface area (Å²) >= 11 is 0. The van der Waals surface area contributed by atoms with Crippen LogP contribution in [-0.4, -0.2) is 43.8 Å². The molecule has 2 aromatic rings. The molecule has 0 saturated carbocycles. The molecule has 1 fully saturated rings. The molecule has 0 aliphatic carbocycles. The van der Waals surface area contributed by atoms with Crippen molar-refractivity contribution in [2.45, 2.75) is 31.8 Å². The van der Waals surface area contributed by atoms with E-state index in [9.17, 15) is 0 Å². The van der Waals surface area contributed by atoms with E-state index in [0.29, 0.717) is 6.04 Å². The van der Waals surface area contributed by atoms with Crippen molar-refractivity contribution in [3.63, 3.8) is 0 Å². The predicted molar refractivity (Wildman–Crippen MR) is 104 cm³/mol. The molecule has 1 N–H and O–H groups in total. The second-order valence-corrected chi connectivity index (χ2v) is 7.23. The van der Waals surface area contributed by atoms with Crippen molar-refractivity contribution >= 4 is 0 Å². The molecule has 4 nitrogen and oxygen atoms in total. The third-order valence-electron chi connectivity index (χ3n) is 5.24. The van der Waals surface area contributed by atoms with Crippen LogP contribution >= 0.6 is 0 Å². The van der Waals surface area contributed by atoms with E-state index in [2.05, 4.69) is 52.7 Å². The summed E-state index contributed by atoms with van der Waals surface area (Å²) in [5.41, 5.74) is 2.69. The molecule has 4 rings (SSSR count). The van der Waals surface area contributed by atoms with Crippen molar-refractivity contribution in [3.05, 3.63) is 59.7 Å². The van der Waals surface area contributed by atoms with Gasteiger partial charge in [0.1, 0.15) is 0 Å². The van der Waals surface area contributed by atoms with E-state index in [0.717, 1.165) is 57.2 Å². The average Bonchev–Trinajstić information content (AvgIpc) is 3.01. The molecule has 2 aliphatic rings. The van der Waals surface area contributed by atoms with Crippen LogP contribution in [0.4, 0.5) is 0 Å². The fourth-order valence-corrected chi connectivity index (χ4v) is 3.71. The number of ether oxygens (including phenoxy) is 2. The number of rotatable bonds is 6. The molecule has 0 radical (unpaired) electrons. The summed E-state index contributed by atoms with van der Waals surface area (Å²) in [7, 11) is 0. The number of hydrogen-bond donors (Lipinski definition) is 1. The Hall–Kier alpha value is -2.04. The van der Waals surface area contributed by atoms with Gasteiger partial charge in [-0.2, -0.15) is 0 Å². The number of nitrogens with zero attached hydrogens (tertiary/aromatic N) is 1. The number of nitrogens with one attached hydrogen (secondary N) is 1. The van der Waals surface area contributed by atoms with Crippen LogP contribution < -0.4 is 14.8 Å². The number of benzene rings is 2. The third-order valence-corrected chi connectivity index (χ3v) is 5.24. The molecule has 0 spiro atoms. The number of likely N-dealkylation sites (tertiary alicyclic amines) is 1. The van der Waals surface area contributed by atoms with E-state index in [1.807, 2.05) is 6.07 Å². The molecule has 26 heavy (non-hydrogen) atoms. The molecule has 1 saturated heterocycles. The van der Waals surface area contributed by atoms with Gasteiger partial charge >= 0.3 is 0 Å². The van der Waals surface area contributed by atoms with Crippen molar-refractivity contribution in [3.8, 4) is 11.5 Å². The fourth-order valence-electron chi connectivity index (χ4n) is 3.71. The Balaban J connectivity index is 1.23. The van der Waals surface area contributed by atoms with E-state index in [4.69, 9.17) is 9.47 Å². The monoisotopic (exact) mass is 352 g/mol. The van der Waals surface area contributed by atoms with Gasteiger partial charge in [0.05, 0.1) is 13.2 Å². The molecule has 0 unspecified atom stereocenters. The van der Waals surface area contributed by atoms with Gasteiger partial charge < -0.3 is 19.7 Å². The average molecular weight is 352 g/mol. The van der Waals surface area contributed by atoms with Crippen molar-refractivity contribution in [1.29, 1.82) is 0 Å². The summed E-state index contributed by atoms with van der Waals surface area (Å²) in [4.78, 5) is 2.57. The lowest BCUT2D eigenvalue weighted by atomic mass is 10.1. The van der Waals surface area contributed by atoms with Gasteiger partial charge in [0.25, 0.3) is 0 Å². The maximum atomic E-state index is 5.79. The van der Waals surface area contributed by atoms with Crippen LogP contribution in [0.5, 0.6) is 11.5 Å². The smallest absolute Gasteiger partial charge is 0.161 e. The molecule has 138 valence electrons. The summed E-state index contributed by atoms with van der Waals surface area (Å²) < 4.78 is 11.5. The van der Waals surface area contributed by atoms with E-state index < -0.39 is 0 Å². The first-order chi connectivity index (χ1) is 12.9. The van der Waals surface area contributed by atoms with Crippen molar-refractivity contribution in [1.82, 2.24) is 10.2 Å². The van der Waals surface area contributed by atoms with Gasteiger partial charge in [-0.05, 0) is 42.6 Å². The normalized spacial score (nSPS) is 20.1. The SMILES string of the molecule is c1ccc(CCN2CC[C@H](NCc3ccc4c(c3)OCCCO4)C2)cc1. The van der Waals surface area contributed by atoms with E-state index >= 15 is 0 Å². The quantitative estimate of drug-likeness (QED) is 0.865. The summed E-state index contributed by atoms with van der Waals surface area (Å²) in [6.07, 6.45) is 3.30. The van der Waals surface area contributed by atoms with Crippen LogP contribution in [0.2, 0.25) is 0 Å². The standard InChI is InChI=1S/C22H28N2O2/c1-2-5-18(6-3-1)9-11-24-12-10-20(17-24)23-16-19-7-8-21-22(15-19)26-14-4-13-25-21/h1-3,5-8,15,20,23H,4,9-14,16-17H2/t20-/m0/s1. The molecule has 2 aliphatic heterocycles. The molecule has 1 atom stereocenters. The van der Waals surface area contributed by atoms with Crippen LogP contribution in [0.15, 0.2) is 48.5 Å². The van der Waals surface area contributed by atoms with Crippen LogP contribution in [-0.2, 0) is 13.0 Å². The van der Waals surface area contributed by atoms with Gasteiger partial charge in [-0.3, -0.25) is 0 Å². The highest BCUT2D eigenvalue weighted by atomic mass is 16.5. The summed E-state index contributed by atoms with van der Waals surface area (Å²) in [5, 5.41) is 3.71. The maximum absolute atomic E-state index is 5.79. The van der Waals surface area contributed by atoms with Crippen molar-refractivity contribution in [2.75, 3.05) is 32.8 Å². The van der Waals surface area contributed by atoms with Crippen LogP contribution in [0.1, 0.15) is 24.0 Å². The van der Waals surface area contributed by atoms with Gasteiger partial charge in [0.15, 0.2) is 11.5 Å². The first-order valence-electron chi connectivity index (χ1n) is 9.75. The number of fused-ring (bicyclic) bond motifs is 1. The first kappa shape index (κ1) is 17.4. The van der Waals surface area contributed by atoms with Gasteiger partial charge in [0.2, 0.25) is 0 Å². The Labute approximate surface area is 156 Å². The first-order valence-corrected chi connectivity index (χ1v) is 9.75. The summed E-state index contributed by atoms with van der Waals surface area (Å²) in [6, 6.07) is 17.6. The van der Waals surface area contributed by atoms with Gasteiger partial charge in [0, 0.05) is 32.1 Å². The largest absolute Gasteiger partial charge is 0.490 e. The van der Waals surface area contributed by atoms with E-state index in [-0.39, 0.29) is 0 Å². The zero-order valence-electron chi connectivity index (χ0n) is 15.3. The Morgan fingerprint density at radius 3 is 2.69 bits per heavy atom. The minimum atomic E-state index is 0.571. The third kappa shape index (κ3) is 4.57. The van der Waals surface area contributed by atoms with Crippen molar-refractivity contribution in [2.24, 2.45) is 0 Å². The highest BCUT2D eigenvalue weighted by molar-refractivity contribution is 5.43. The highest BCUT2D eigenvalue weighted by Gasteiger charge is 2.21. The molecule has 0 amide bonds. The topological polar surface area (TPSA) is 33.7 Å². The molecule has 4 heteroatoms. The van der Waals surface area contributed by atoms with Crippen LogP contribution in [0, 0.1) is 0 Å². The van der Waals surface area contributed by atoms with Gasteiger partial charge in [-0.1, -0.05) is 36.4 Å². The lowest BCUT2D eigenvalue weighted by Gasteiger charge is -2.17. The Morgan fingerprint density at radius 1 is 0.962 bits per heavy atom. The second kappa shape index (κ2) is 8.56. The minimum Gasteiger partial charge on any atom is -0.490 e. The molecule has 2 heterocycles. The Morgan fingerprint density at radius 2 is 1.81 bits per heavy atom. The molecule has 2 aromatic carbocycles. The fraction of sp³-hybridized carbons (Fsp3) is 0.455. The Kier molecular flexibility index (Phi) is 5.72.